The molecule has 0 aliphatic carbocycles. The molecule has 0 fully saturated rings. The highest BCUT2D eigenvalue weighted by atomic mass is 35.5. The molecule has 4 nitrogen and oxygen atoms in total. The topological polar surface area (TPSA) is 51.0 Å². The van der Waals surface area contributed by atoms with Gasteiger partial charge in [-0.15, -0.1) is 12.4 Å². The zero-order valence-corrected chi connectivity index (χ0v) is 15.0. The van der Waals surface area contributed by atoms with Gasteiger partial charge in [0.1, 0.15) is 11.1 Å². The van der Waals surface area contributed by atoms with Gasteiger partial charge in [0, 0.05) is 17.5 Å². The van der Waals surface area contributed by atoms with Gasteiger partial charge < -0.3 is 9.73 Å². The first-order valence-corrected chi connectivity index (χ1v) is 8.21. The minimum absolute atomic E-state index is 0. The number of para-hydroxylation sites is 1. The van der Waals surface area contributed by atoms with Crippen molar-refractivity contribution in [3.05, 3.63) is 54.6 Å². The van der Waals surface area contributed by atoms with Crippen molar-refractivity contribution in [1.82, 2.24) is 9.97 Å². The van der Waals surface area contributed by atoms with E-state index in [0.29, 0.717) is 11.7 Å². The van der Waals surface area contributed by atoms with Crippen molar-refractivity contribution < 1.29 is 4.42 Å². The number of nitrogens with one attached hydrogen (secondary N) is 1. The quantitative estimate of drug-likeness (QED) is 0.524. The molecule has 1 N–H and O–H groups in total. The average Bonchev–Trinajstić information content (AvgIpc) is 2.99. The minimum atomic E-state index is 0. The maximum atomic E-state index is 6.02. The van der Waals surface area contributed by atoms with Crippen LogP contribution in [0.1, 0.15) is 13.8 Å². The first-order chi connectivity index (χ1) is 11.7. The van der Waals surface area contributed by atoms with E-state index in [1.165, 1.54) is 0 Å². The van der Waals surface area contributed by atoms with E-state index < -0.39 is 0 Å². The van der Waals surface area contributed by atoms with Crippen molar-refractivity contribution in [2.24, 2.45) is 5.92 Å². The van der Waals surface area contributed by atoms with Crippen LogP contribution < -0.4 is 5.32 Å². The molecule has 2 aromatic carbocycles. The molecule has 2 heterocycles. The Labute approximate surface area is 152 Å². The second-order valence-electron chi connectivity index (χ2n) is 6.31. The van der Waals surface area contributed by atoms with Crippen molar-refractivity contribution in [3.8, 4) is 11.4 Å². The third kappa shape index (κ3) is 3.30. The summed E-state index contributed by atoms with van der Waals surface area (Å²) in [7, 11) is 0. The molecule has 25 heavy (non-hydrogen) atoms. The van der Waals surface area contributed by atoms with Gasteiger partial charge >= 0.3 is 0 Å². The summed E-state index contributed by atoms with van der Waals surface area (Å²) >= 11 is 0. The number of anilines is 1. The molecule has 5 heteroatoms. The number of aromatic nitrogens is 2. The molecular weight excluding hydrogens is 334 g/mol. The number of fused-ring (bicyclic) bond motifs is 3. The van der Waals surface area contributed by atoms with Gasteiger partial charge in [0.25, 0.3) is 0 Å². The number of hydrogen-bond donors (Lipinski definition) is 1. The van der Waals surface area contributed by atoms with Crippen LogP contribution in [0.3, 0.4) is 0 Å². The molecule has 128 valence electrons. The van der Waals surface area contributed by atoms with Gasteiger partial charge in [-0.3, -0.25) is 0 Å². The Morgan fingerprint density at radius 1 is 0.960 bits per heavy atom. The van der Waals surface area contributed by atoms with Crippen LogP contribution in [0, 0.1) is 5.92 Å². The van der Waals surface area contributed by atoms with E-state index in [0.717, 1.165) is 40.0 Å². The van der Waals surface area contributed by atoms with Crippen molar-refractivity contribution >= 4 is 40.3 Å². The lowest BCUT2D eigenvalue weighted by molar-refractivity contribution is 0.659. The lowest BCUT2D eigenvalue weighted by Crippen LogP contribution is -2.10. The molecule has 0 aliphatic heterocycles. The maximum Gasteiger partial charge on any atom is 0.196 e. The standard InChI is InChI=1S/C20H19N3O.ClH/c1-13(2)12-21-20-18-17(15-10-6-7-11-16(15)24-18)22-19(23-20)14-8-4-3-5-9-14;/h3-11,13H,12H2,1-2H3,(H,21,22,23);1H. The van der Waals surface area contributed by atoms with E-state index in [4.69, 9.17) is 14.4 Å². The van der Waals surface area contributed by atoms with Crippen LogP contribution in [0.5, 0.6) is 0 Å². The first kappa shape index (κ1) is 17.2. The number of nitrogens with zero attached hydrogens (tertiary/aromatic N) is 2. The molecule has 0 radical (unpaired) electrons. The summed E-state index contributed by atoms with van der Waals surface area (Å²) in [6.07, 6.45) is 0. The van der Waals surface area contributed by atoms with Gasteiger partial charge in [-0.1, -0.05) is 56.3 Å². The molecule has 0 atom stereocenters. The predicted octanol–water partition coefficient (Wildman–Crippen LogP) is 5.53. The fraction of sp³-hybridized carbons (Fsp3) is 0.200. The molecule has 0 spiro atoms. The largest absolute Gasteiger partial charge is 0.450 e. The van der Waals surface area contributed by atoms with E-state index in [-0.39, 0.29) is 12.4 Å². The zero-order chi connectivity index (χ0) is 16.5. The summed E-state index contributed by atoms with van der Waals surface area (Å²) in [6, 6.07) is 18.0. The van der Waals surface area contributed by atoms with Gasteiger partial charge in [-0.05, 0) is 18.1 Å². The van der Waals surface area contributed by atoms with Crippen LogP contribution in [0.4, 0.5) is 5.82 Å². The monoisotopic (exact) mass is 353 g/mol. The molecule has 2 aromatic heterocycles. The van der Waals surface area contributed by atoms with Gasteiger partial charge in [-0.2, -0.15) is 0 Å². The fourth-order valence-corrected chi connectivity index (χ4v) is 2.73. The number of hydrogen-bond acceptors (Lipinski definition) is 4. The summed E-state index contributed by atoms with van der Waals surface area (Å²) in [5.41, 5.74) is 3.40. The Morgan fingerprint density at radius 2 is 1.68 bits per heavy atom. The minimum Gasteiger partial charge on any atom is -0.450 e. The Balaban J connectivity index is 0.00000182. The van der Waals surface area contributed by atoms with Crippen LogP contribution >= 0.6 is 12.4 Å². The SMILES string of the molecule is CC(C)CNc1nc(-c2ccccc2)nc2c1oc1ccccc12.Cl. The van der Waals surface area contributed by atoms with E-state index in [1.807, 2.05) is 54.6 Å². The van der Waals surface area contributed by atoms with E-state index in [9.17, 15) is 0 Å². The van der Waals surface area contributed by atoms with Gasteiger partial charge in [0.2, 0.25) is 0 Å². The number of benzene rings is 2. The van der Waals surface area contributed by atoms with Crippen LogP contribution in [0.25, 0.3) is 33.5 Å². The summed E-state index contributed by atoms with van der Waals surface area (Å²) in [6.45, 7) is 5.17. The van der Waals surface area contributed by atoms with Crippen molar-refractivity contribution in [1.29, 1.82) is 0 Å². The highest BCUT2D eigenvalue weighted by molar-refractivity contribution is 6.06. The predicted molar refractivity (Wildman–Crippen MR) is 105 cm³/mol. The third-order valence-electron chi connectivity index (χ3n) is 3.93. The summed E-state index contributed by atoms with van der Waals surface area (Å²) in [5.74, 6) is 1.98. The van der Waals surface area contributed by atoms with Gasteiger partial charge in [-0.25, -0.2) is 9.97 Å². The van der Waals surface area contributed by atoms with E-state index >= 15 is 0 Å². The normalized spacial score (nSPS) is 11.0. The number of rotatable bonds is 4. The Hall–Kier alpha value is -2.59. The van der Waals surface area contributed by atoms with Crippen LogP contribution in [0.15, 0.2) is 59.0 Å². The molecule has 0 saturated carbocycles. The van der Waals surface area contributed by atoms with Crippen LogP contribution in [-0.2, 0) is 0 Å². The summed E-state index contributed by atoms with van der Waals surface area (Å²) in [5, 5.41) is 4.43. The summed E-state index contributed by atoms with van der Waals surface area (Å²) < 4.78 is 6.02. The molecule has 4 aromatic rings. The summed E-state index contributed by atoms with van der Waals surface area (Å²) in [4.78, 5) is 9.50. The fourth-order valence-electron chi connectivity index (χ4n) is 2.73. The van der Waals surface area contributed by atoms with Crippen molar-refractivity contribution in [2.75, 3.05) is 11.9 Å². The molecule has 0 unspecified atom stereocenters. The number of halogens is 1. The lowest BCUT2D eigenvalue weighted by Gasteiger charge is -2.10. The lowest BCUT2D eigenvalue weighted by atomic mass is 10.2. The third-order valence-corrected chi connectivity index (χ3v) is 3.93. The molecule has 0 aliphatic rings. The molecule has 0 saturated heterocycles. The Morgan fingerprint density at radius 3 is 2.44 bits per heavy atom. The van der Waals surface area contributed by atoms with E-state index in [1.54, 1.807) is 0 Å². The Kier molecular flexibility index (Phi) is 4.91. The van der Waals surface area contributed by atoms with Crippen molar-refractivity contribution in [2.45, 2.75) is 13.8 Å². The molecule has 0 amide bonds. The molecule has 0 bridgehead atoms. The average molecular weight is 354 g/mol. The highest BCUT2D eigenvalue weighted by Crippen LogP contribution is 2.33. The highest BCUT2D eigenvalue weighted by Gasteiger charge is 2.16. The second kappa shape index (κ2) is 7.11. The van der Waals surface area contributed by atoms with Crippen LogP contribution in [0.2, 0.25) is 0 Å². The van der Waals surface area contributed by atoms with Crippen LogP contribution in [-0.4, -0.2) is 16.5 Å². The second-order valence-corrected chi connectivity index (χ2v) is 6.31. The molecule has 4 rings (SSSR count). The van der Waals surface area contributed by atoms with Gasteiger partial charge in [0.05, 0.1) is 0 Å². The smallest absolute Gasteiger partial charge is 0.196 e. The Bertz CT molecular complexity index is 996. The van der Waals surface area contributed by atoms with Crippen molar-refractivity contribution in [3.63, 3.8) is 0 Å². The van der Waals surface area contributed by atoms with E-state index in [2.05, 4.69) is 19.2 Å². The number of furan rings is 1. The zero-order valence-electron chi connectivity index (χ0n) is 14.2. The first-order valence-electron chi connectivity index (χ1n) is 8.21. The molecular formula is C20H20ClN3O. The van der Waals surface area contributed by atoms with Gasteiger partial charge in [0.15, 0.2) is 17.2 Å². The maximum absolute atomic E-state index is 6.02.